The third kappa shape index (κ3) is 3.44. The molecule has 0 heterocycles. The Morgan fingerprint density at radius 3 is 2.40 bits per heavy atom. The Hall–Kier alpha value is -1.25. The number of allylic oxidation sites excluding steroid dienone is 1. The number of carbonyl (C=O) groups excluding carboxylic acids is 1. The van der Waals surface area contributed by atoms with Gasteiger partial charge in [0.25, 0.3) is 0 Å². The molecular formula is C11H15F3O5S. The van der Waals surface area contributed by atoms with Crippen LogP contribution in [0.5, 0.6) is 0 Å². The molecule has 1 aliphatic carbocycles. The molecule has 5 nitrogen and oxygen atoms in total. The van der Waals surface area contributed by atoms with Gasteiger partial charge < -0.3 is 8.92 Å². The number of ether oxygens (including phenoxy) is 1. The molecule has 0 aromatic heterocycles. The summed E-state index contributed by atoms with van der Waals surface area (Å²) in [5.74, 6) is -1.91. The molecule has 20 heavy (non-hydrogen) atoms. The first-order valence-corrected chi connectivity index (χ1v) is 7.11. The van der Waals surface area contributed by atoms with Crippen LogP contribution in [0.25, 0.3) is 0 Å². The number of halogens is 3. The van der Waals surface area contributed by atoms with E-state index in [0.717, 1.165) is 13.2 Å². The number of alkyl halides is 3. The molecule has 116 valence electrons. The van der Waals surface area contributed by atoms with Gasteiger partial charge in [0, 0.05) is 6.42 Å². The van der Waals surface area contributed by atoms with Crippen LogP contribution in [0.4, 0.5) is 13.2 Å². The molecule has 0 unspecified atom stereocenters. The maximum absolute atomic E-state index is 12.2. The Morgan fingerprint density at radius 1 is 1.40 bits per heavy atom. The van der Waals surface area contributed by atoms with Crippen LogP contribution in [0.2, 0.25) is 0 Å². The highest BCUT2D eigenvalue weighted by Gasteiger charge is 2.49. The second kappa shape index (κ2) is 5.27. The summed E-state index contributed by atoms with van der Waals surface area (Å²) in [4.78, 5) is 11.6. The van der Waals surface area contributed by atoms with E-state index in [4.69, 9.17) is 0 Å². The van der Waals surface area contributed by atoms with Gasteiger partial charge in [-0.2, -0.15) is 21.6 Å². The number of hydrogen-bond acceptors (Lipinski definition) is 5. The molecule has 0 saturated heterocycles. The third-order valence-corrected chi connectivity index (χ3v) is 4.17. The van der Waals surface area contributed by atoms with Crippen molar-refractivity contribution >= 4 is 16.1 Å². The number of hydrogen-bond donors (Lipinski definition) is 0. The number of carbonyl (C=O) groups is 1. The van der Waals surface area contributed by atoms with Crippen LogP contribution in [0.15, 0.2) is 11.8 Å². The van der Waals surface area contributed by atoms with Crippen molar-refractivity contribution in [3.63, 3.8) is 0 Å². The van der Waals surface area contributed by atoms with Crippen LogP contribution in [-0.4, -0.2) is 27.0 Å². The van der Waals surface area contributed by atoms with Gasteiger partial charge in [0.05, 0.1) is 13.0 Å². The van der Waals surface area contributed by atoms with E-state index in [2.05, 4.69) is 8.92 Å². The molecule has 0 aliphatic heterocycles. The zero-order valence-electron chi connectivity index (χ0n) is 11.2. The average Bonchev–Trinajstić information content (AvgIpc) is 2.28. The van der Waals surface area contributed by atoms with Gasteiger partial charge in [-0.05, 0) is 17.9 Å². The monoisotopic (exact) mass is 316 g/mol. The molecule has 1 aliphatic rings. The predicted molar refractivity (Wildman–Crippen MR) is 62.7 cm³/mol. The zero-order valence-corrected chi connectivity index (χ0v) is 12.0. The normalized spacial score (nSPS) is 22.9. The minimum Gasteiger partial charge on any atom is -0.469 e. The molecule has 0 bridgehead atoms. The lowest BCUT2D eigenvalue weighted by molar-refractivity contribution is -0.147. The molecule has 0 saturated carbocycles. The smallest absolute Gasteiger partial charge is 0.469 e. The first-order valence-electron chi connectivity index (χ1n) is 5.70. The zero-order chi connectivity index (χ0) is 15.8. The van der Waals surface area contributed by atoms with Crippen molar-refractivity contribution in [1.29, 1.82) is 0 Å². The lowest BCUT2D eigenvalue weighted by Crippen LogP contribution is -2.34. The highest BCUT2D eigenvalue weighted by molar-refractivity contribution is 7.87. The van der Waals surface area contributed by atoms with Gasteiger partial charge in [-0.15, -0.1) is 0 Å². The Labute approximate surface area is 114 Å². The van der Waals surface area contributed by atoms with E-state index >= 15 is 0 Å². The number of esters is 1. The maximum atomic E-state index is 12.2. The van der Waals surface area contributed by atoms with E-state index in [1.165, 1.54) is 0 Å². The summed E-state index contributed by atoms with van der Waals surface area (Å²) in [5, 5.41) is 0. The van der Waals surface area contributed by atoms with Crippen molar-refractivity contribution in [3.8, 4) is 0 Å². The fourth-order valence-electron chi connectivity index (χ4n) is 1.87. The predicted octanol–water partition coefficient (Wildman–Crippen LogP) is 2.35. The summed E-state index contributed by atoms with van der Waals surface area (Å²) in [6.45, 7) is 3.47. The van der Waals surface area contributed by atoms with Crippen LogP contribution < -0.4 is 0 Å². The van der Waals surface area contributed by atoms with Crippen molar-refractivity contribution in [2.24, 2.45) is 11.3 Å². The summed E-state index contributed by atoms with van der Waals surface area (Å²) in [6, 6.07) is 0. The van der Waals surface area contributed by atoms with Crippen molar-refractivity contribution in [1.82, 2.24) is 0 Å². The largest absolute Gasteiger partial charge is 0.534 e. The van der Waals surface area contributed by atoms with Crippen LogP contribution in [0, 0.1) is 11.3 Å². The van der Waals surface area contributed by atoms with Gasteiger partial charge in [-0.25, -0.2) is 0 Å². The summed E-state index contributed by atoms with van der Waals surface area (Å²) >= 11 is 0. The van der Waals surface area contributed by atoms with Crippen LogP contribution >= 0.6 is 0 Å². The van der Waals surface area contributed by atoms with Crippen LogP contribution in [-0.2, 0) is 23.8 Å². The standard InChI is InChI=1S/C11H15F3O5S/c1-10(2)5-4-7(6-8(10)9(15)18-3)19-20(16,17)11(12,13)14/h6,8H,4-5H2,1-3H3/t8-/m0/s1. The van der Waals surface area contributed by atoms with Crippen molar-refractivity contribution in [2.75, 3.05) is 7.11 Å². The van der Waals surface area contributed by atoms with E-state index in [9.17, 15) is 26.4 Å². The summed E-state index contributed by atoms with van der Waals surface area (Å²) in [5.41, 5.74) is -6.05. The Morgan fingerprint density at radius 2 is 1.95 bits per heavy atom. The first kappa shape index (κ1) is 16.8. The molecular weight excluding hydrogens is 301 g/mol. The highest BCUT2D eigenvalue weighted by atomic mass is 32.2. The van der Waals surface area contributed by atoms with Crippen LogP contribution in [0.1, 0.15) is 26.7 Å². The van der Waals surface area contributed by atoms with E-state index in [0.29, 0.717) is 6.42 Å². The molecule has 0 amide bonds. The van der Waals surface area contributed by atoms with Gasteiger partial charge >= 0.3 is 21.6 Å². The molecule has 1 rings (SSSR count). The summed E-state index contributed by atoms with van der Waals surface area (Å²) in [6.07, 6.45) is 1.38. The van der Waals surface area contributed by atoms with Crippen molar-refractivity contribution in [3.05, 3.63) is 11.8 Å². The lowest BCUT2D eigenvalue weighted by atomic mass is 9.72. The van der Waals surface area contributed by atoms with Crippen LogP contribution in [0.3, 0.4) is 0 Å². The van der Waals surface area contributed by atoms with Crippen molar-refractivity contribution in [2.45, 2.75) is 32.2 Å². The third-order valence-electron chi connectivity index (χ3n) is 3.17. The molecule has 0 aromatic carbocycles. The quantitative estimate of drug-likeness (QED) is 0.454. The Bertz CT molecular complexity index is 519. The summed E-state index contributed by atoms with van der Waals surface area (Å²) in [7, 11) is -4.56. The van der Waals surface area contributed by atoms with Gasteiger partial charge in [0.15, 0.2) is 0 Å². The van der Waals surface area contributed by atoms with Gasteiger partial charge in [0.1, 0.15) is 5.76 Å². The summed E-state index contributed by atoms with van der Waals surface area (Å²) < 4.78 is 67.2. The minimum absolute atomic E-state index is 0.00416. The van der Waals surface area contributed by atoms with Crippen molar-refractivity contribution < 1.29 is 35.3 Å². The topological polar surface area (TPSA) is 69.7 Å². The Balaban J connectivity index is 3.04. The van der Waals surface area contributed by atoms with E-state index in [1.807, 2.05) is 0 Å². The van der Waals surface area contributed by atoms with E-state index < -0.39 is 38.7 Å². The molecule has 0 fully saturated rings. The van der Waals surface area contributed by atoms with Gasteiger partial charge in [-0.3, -0.25) is 4.79 Å². The average molecular weight is 316 g/mol. The molecule has 0 spiro atoms. The molecule has 1 atom stereocenters. The van der Waals surface area contributed by atoms with Gasteiger partial charge in [0.2, 0.25) is 0 Å². The Kier molecular flexibility index (Phi) is 4.42. The maximum Gasteiger partial charge on any atom is 0.534 e. The first-order chi connectivity index (χ1) is 8.90. The minimum atomic E-state index is -5.71. The van der Waals surface area contributed by atoms with E-state index in [1.54, 1.807) is 13.8 Å². The molecule has 0 radical (unpaired) electrons. The second-order valence-electron chi connectivity index (χ2n) is 5.11. The highest BCUT2D eigenvalue weighted by Crippen LogP contribution is 2.41. The fourth-order valence-corrected chi connectivity index (χ4v) is 2.38. The van der Waals surface area contributed by atoms with Gasteiger partial charge in [-0.1, -0.05) is 13.8 Å². The fraction of sp³-hybridized carbons (Fsp3) is 0.727. The molecule has 9 heteroatoms. The second-order valence-corrected chi connectivity index (χ2v) is 6.64. The van der Waals surface area contributed by atoms with E-state index in [-0.39, 0.29) is 6.42 Å². The number of rotatable bonds is 3. The lowest BCUT2D eigenvalue weighted by Gasteiger charge is -2.34. The SMILES string of the molecule is COC(=O)[C@@H]1C=C(OS(=O)(=O)C(F)(F)F)CCC1(C)C. The molecule has 0 N–H and O–H groups in total. The molecule has 0 aromatic rings. The number of methoxy groups -OCH3 is 1.